The van der Waals surface area contributed by atoms with Gasteiger partial charge in [-0.1, -0.05) is 54.1 Å². The van der Waals surface area contributed by atoms with Crippen molar-refractivity contribution in [3.05, 3.63) is 136 Å². The molecule has 0 fully saturated rings. The Balaban J connectivity index is 1.27. The van der Waals surface area contributed by atoms with Crippen LogP contribution in [0.2, 0.25) is 5.02 Å². The number of benzene rings is 5. The van der Waals surface area contributed by atoms with Crippen LogP contribution in [0.5, 0.6) is 17.2 Å². The number of amides is 1. The third kappa shape index (κ3) is 6.90. The third-order valence-electron chi connectivity index (χ3n) is 6.25. The van der Waals surface area contributed by atoms with E-state index in [0.29, 0.717) is 45.6 Å². The fraction of sp³-hybridized carbons (Fsp3) is 0.0606. The highest BCUT2D eigenvalue weighted by Gasteiger charge is 2.14. The zero-order chi connectivity index (χ0) is 28.6. The third-order valence-corrected chi connectivity index (χ3v) is 6.51. The maximum absolute atomic E-state index is 12.8. The van der Waals surface area contributed by atoms with Crippen LogP contribution < -0.4 is 19.6 Å². The van der Waals surface area contributed by atoms with Gasteiger partial charge in [0, 0.05) is 16.1 Å². The summed E-state index contributed by atoms with van der Waals surface area (Å²) >= 11 is 5.92. The van der Waals surface area contributed by atoms with Crippen molar-refractivity contribution >= 4 is 40.5 Å². The lowest BCUT2D eigenvalue weighted by Crippen LogP contribution is -2.17. The Morgan fingerprint density at radius 3 is 2.22 bits per heavy atom. The molecule has 41 heavy (non-hydrogen) atoms. The summed E-state index contributed by atoms with van der Waals surface area (Å²) < 4.78 is 16.7. The Bertz CT molecular complexity index is 1700. The molecule has 1 N–H and O–H groups in total. The lowest BCUT2D eigenvalue weighted by molar-refractivity contribution is 0.0734. The molecular formula is C33H25ClN2O5. The number of halogens is 1. The van der Waals surface area contributed by atoms with E-state index in [1.165, 1.54) is 6.21 Å². The second-order valence-corrected chi connectivity index (χ2v) is 9.39. The number of fused-ring (bicyclic) bond motifs is 1. The van der Waals surface area contributed by atoms with Gasteiger partial charge >= 0.3 is 5.97 Å². The summed E-state index contributed by atoms with van der Waals surface area (Å²) in [4.78, 5) is 25.6. The first-order valence-corrected chi connectivity index (χ1v) is 13.1. The van der Waals surface area contributed by atoms with Crippen molar-refractivity contribution in [2.24, 2.45) is 5.10 Å². The van der Waals surface area contributed by atoms with Crippen molar-refractivity contribution in [1.29, 1.82) is 0 Å². The number of hydrogen-bond donors (Lipinski definition) is 1. The molecule has 5 aromatic carbocycles. The molecule has 0 aliphatic rings. The van der Waals surface area contributed by atoms with Gasteiger partial charge in [-0.05, 0) is 83.1 Å². The Morgan fingerprint density at radius 2 is 1.49 bits per heavy atom. The van der Waals surface area contributed by atoms with Crippen LogP contribution in [-0.2, 0) is 6.61 Å². The average Bonchev–Trinajstić information content (AvgIpc) is 3.01. The summed E-state index contributed by atoms with van der Waals surface area (Å²) in [6.07, 6.45) is 1.47. The molecule has 0 atom stereocenters. The Kier molecular flexibility index (Phi) is 8.57. The average molecular weight is 565 g/mol. The highest BCUT2D eigenvalue weighted by Crippen LogP contribution is 2.28. The number of esters is 1. The van der Waals surface area contributed by atoms with Crippen LogP contribution in [0, 0.1) is 0 Å². The van der Waals surface area contributed by atoms with Crippen molar-refractivity contribution in [2.45, 2.75) is 6.61 Å². The molecule has 7 nitrogen and oxygen atoms in total. The highest BCUT2D eigenvalue weighted by atomic mass is 35.5. The van der Waals surface area contributed by atoms with Gasteiger partial charge < -0.3 is 14.2 Å². The Labute approximate surface area is 241 Å². The summed E-state index contributed by atoms with van der Waals surface area (Å²) in [6.45, 7) is 0.378. The molecule has 0 saturated heterocycles. The van der Waals surface area contributed by atoms with Crippen LogP contribution in [0.1, 0.15) is 31.8 Å². The number of nitrogens with zero attached hydrogens (tertiary/aromatic N) is 1. The summed E-state index contributed by atoms with van der Waals surface area (Å²) in [5.74, 6) is 0.641. The molecule has 1 amide bonds. The Hall–Kier alpha value is -5.14. The first-order valence-electron chi connectivity index (χ1n) is 12.7. The van der Waals surface area contributed by atoms with Crippen molar-refractivity contribution in [1.82, 2.24) is 5.43 Å². The van der Waals surface area contributed by atoms with E-state index in [1.54, 1.807) is 73.8 Å². The largest absolute Gasteiger partial charge is 0.497 e. The van der Waals surface area contributed by atoms with Gasteiger partial charge in [0.1, 0.15) is 23.9 Å². The van der Waals surface area contributed by atoms with E-state index in [9.17, 15) is 9.59 Å². The minimum atomic E-state index is -0.528. The van der Waals surface area contributed by atoms with Gasteiger partial charge in [0.25, 0.3) is 5.91 Å². The van der Waals surface area contributed by atoms with Crippen LogP contribution in [0.3, 0.4) is 0 Å². The van der Waals surface area contributed by atoms with E-state index in [4.69, 9.17) is 25.8 Å². The number of ether oxygens (including phenoxy) is 3. The van der Waals surface area contributed by atoms with E-state index in [1.807, 2.05) is 42.5 Å². The van der Waals surface area contributed by atoms with Gasteiger partial charge in [0.15, 0.2) is 0 Å². The predicted molar refractivity (Wildman–Crippen MR) is 159 cm³/mol. The van der Waals surface area contributed by atoms with Gasteiger partial charge in [-0.2, -0.15) is 5.10 Å². The van der Waals surface area contributed by atoms with E-state index in [-0.39, 0.29) is 0 Å². The number of methoxy groups -OCH3 is 1. The zero-order valence-electron chi connectivity index (χ0n) is 22.0. The fourth-order valence-electron chi connectivity index (χ4n) is 4.05. The molecular weight excluding hydrogens is 540 g/mol. The Morgan fingerprint density at radius 1 is 0.805 bits per heavy atom. The molecule has 0 bridgehead atoms. The van der Waals surface area contributed by atoms with Crippen LogP contribution >= 0.6 is 11.6 Å². The summed E-state index contributed by atoms with van der Waals surface area (Å²) in [7, 11) is 1.56. The minimum Gasteiger partial charge on any atom is -0.497 e. The van der Waals surface area contributed by atoms with E-state index >= 15 is 0 Å². The van der Waals surface area contributed by atoms with Crippen LogP contribution in [0.25, 0.3) is 10.8 Å². The molecule has 0 spiro atoms. The second-order valence-electron chi connectivity index (χ2n) is 8.96. The summed E-state index contributed by atoms with van der Waals surface area (Å²) in [5, 5.41) is 6.57. The lowest BCUT2D eigenvalue weighted by atomic mass is 10.0. The normalized spacial score (nSPS) is 10.9. The monoisotopic (exact) mass is 564 g/mol. The molecule has 204 valence electrons. The number of nitrogens with one attached hydrogen (secondary N) is 1. The maximum Gasteiger partial charge on any atom is 0.343 e. The molecule has 0 radical (unpaired) electrons. The lowest BCUT2D eigenvalue weighted by Gasteiger charge is -2.11. The molecule has 8 heteroatoms. The van der Waals surface area contributed by atoms with Gasteiger partial charge in [0.2, 0.25) is 0 Å². The molecule has 5 aromatic rings. The minimum absolute atomic E-state index is 0.310. The molecule has 0 aromatic heterocycles. The van der Waals surface area contributed by atoms with Crippen molar-refractivity contribution in [3.63, 3.8) is 0 Å². The van der Waals surface area contributed by atoms with Crippen LogP contribution in [0.15, 0.2) is 114 Å². The predicted octanol–water partition coefficient (Wildman–Crippen LogP) is 7.06. The first kappa shape index (κ1) is 27.4. The SMILES string of the molecule is COc1ccc(C(=O)Oc2ccc3ccccc3c2/C=N\NC(=O)c2ccc(OCc3ccc(Cl)cc3)cc2)cc1. The summed E-state index contributed by atoms with van der Waals surface area (Å²) in [6, 6.07) is 32.0. The maximum atomic E-state index is 12.8. The summed E-state index contributed by atoms with van der Waals surface area (Å²) in [5.41, 5.74) is 4.85. The van der Waals surface area contributed by atoms with Gasteiger partial charge in [-0.15, -0.1) is 0 Å². The molecule has 0 heterocycles. The standard InChI is InChI=1S/C33H25ClN2O5/c1-39-27-15-10-25(11-16-27)33(38)41-31-19-12-23-4-2-3-5-29(23)30(31)20-35-36-32(37)24-8-17-28(18-9-24)40-21-22-6-13-26(34)14-7-22/h2-20H,21H2,1H3,(H,36,37)/b35-20-. The number of hydrazone groups is 1. The smallest absolute Gasteiger partial charge is 0.343 e. The van der Waals surface area contributed by atoms with Crippen molar-refractivity contribution < 1.29 is 23.8 Å². The number of carbonyl (C=O) groups is 2. The quantitative estimate of drug-likeness (QED) is 0.0896. The fourth-order valence-corrected chi connectivity index (χ4v) is 4.18. The topological polar surface area (TPSA) is 86.2 Å². The number of hydrogen-bond acceptors (Lipinski definition) is 6. The van der Waals surface area contributed by atoms with Gasteiger partial charge in [0.05, 0.1) is 18.9 Å². The van der Waals surface area contributed by atoms with Crippen molar-refractivity contribution in [2.75, 3.05) is 7.11 Å². The van der Waals surface area contributed by atoms with E-state index in [2.05, 4.69) is 10.5 Å². The van der Waals surface area contributed by atoms with E-state index in [0.717, 1.165) is 16.3 Å². The van der Waals surface area contributed by atoms with Crippen molar-refractivity contribution in [3.8, 4) is 17.2 Å². The number of carbonyl (C=O) groups excluding carboxylic acids is 2. The molecule has 5 rings (SSSR count). The second kappa shape index (κ2) is 12.8. The first-order chi connectivity index (χ1) is 20.0. The van der Waals surface area contributed by atoms with Gasteiger partial charge in [-0.25, -0.2) is 10.2 Å². The van der Waals surface area contributed by atoms with Crippen LogP contribution in [0.4, 0.5) is 0 Å². The molecule has 0 unspecified atom stereocenters. The highest BCUT2D eigenvalue weighted by molar-refractivity contribution is 6.30. The van der Waals surface area contributed by atoms with E-state index < -0.39 is 11.9 Å². The number of rotatable bonds is 9. The van der Waals surface area contributed by atoms with Crippen LogP contribution in [-0.4, -0.2) is 25.2 Å². The molecule has 0 aliphatic carbocycles. The van der Waals surface area contributed by atoms with Gasteiger partial charge in [-0.3, -0.25) is 4.79 Å². The molecule has 0 aliphatic heterocycles. The zero-order valence-corrected chi connectivity index (χ0v) is 22.8. The molecule has 0 saturated carbocycles.